The molecule has 0 amide bonds. The lowest BCUT2D eigenvalue weighted by Gasteiger charge is -2.21. The van der Waals surface area contributed by atoms with Crippen LogP contribution in [0.25, 0.3) is 5.69 Å². The van der Waals surface area contributed by atoms with Crippen LogP contribution in [0.5, 0.6) is 0 Å². The summed E-state index contributed by atoms with van der Waals surface area (Å²) in [6, 6.07) is 12.3. The molecule has 1 unspecified atom stereocenters. The van der Waals surface area contributed by atoms with Crippen LogP contribution >= 0.6 is 11.8 Å². The summed E-state index contributed by atoms with van der Waals surface area (Å²) in [5, 5.41) is 8.94. The number of benzene rings is 1. The molecule has 1 aromatic heterocycles. The first kappa shape index (κ1) is 13.7. The summed E-state index contributed by atoms with van der Waals surface area (Å²) < 4.78 is 1.94. The molecule has 0 saturated carbocycles. The van der Waals surface area contributed by atoms with E-state index in [0.717, 1.165) is 29.7 Å². The summed E-state index contributed by atoms with van der Waals surface area (Å²) in [6.45, 7) is 1.96. The fourth-order valence-electron chi connectivity index (χ4n) is 2.51. The van der Waals surface area contributed by atoms with Crippen molar-refractivity contribution in [1.82, 2.24) is 15.1 Å². The topological polar surface area (TPSA) is 29.9 Å². The summed E-state index contributed by atoms with van der Waals surface area (Å²) in [5.74, 6) is 1.33. The summed E-state index contributed by atoms with van der Waals surface area (Å²) in [6.07, 6.45) is 6.17. The van der Waals surface area contributed by atoms with Crippen LogP contribution in [0.3, 0.4) is 0 Å². The highest BCUT2D eigenvalue weighted by molar-refractivity contribution is 7.99. The molecular weight excluding hydrogens is 266 g/mol. The molecule has 0 aliphatic carbocycles. The van der Waals surface area contributed by atoms with Crippen molar-refractivity contribution in [2.75, 3.05) is 12.3 Å². The molecule has 1 atom stereocenters. The Morgan fingerprint density at radius 2 is 2.10 bits per heavy atom. The van der Waals surface area contributed by atoms with Crippen molar-refractivity contribution in [1.29, 1.82) is 0 Å². The third-order valence-electron chi connectivity index (χ3n) is 3.62. The van der Waals surface area contributed by atoms with Gasteiger partial charge in [0.1, 0.15) is 0 Å². The Kier molecular flexibility index (Phi) is 4.77. The van der Waals surface area contributed by atoms with Crippen molar-refractivity contribution in [2.45, 2.75) is 31.1 Å². The Balaban J connectivity index is 1.50. The third kappa shape index (κ3) is 3.64. The fraction of sp³-hybridized carbons (Fsp3) is 0.438. The second kappa shape index (κ2) is 6.95. The lowest BCUT2D eigenvalue weighted by atomic mass is 10.2. The molecule has 3 nitrogen and oxygen atoms in total. The summed E-state index contributed by atoms with van der Waals surface area (Å²) in [4.78, 5) is 0. The number of hydrogen-bond acceptors (Lipinski definition) is 3. The van der Waals surface area contributed by atoms with Crippen molar-refractivity contribution in [3.05, 3.63) is 48.3 Å². The van der Waals surface area contributed by atoms with Crippen LogP contribution in [0.1, 0.15) is 25.0 Å². The predicted molar refractivity (Wildman–Crippen MR) is 85.4 cm³/mol. The molecule has 0 spiro atoms. The molecule has 106 valence electrons. The largest absolute Gasteiger partial charge is 0.310 e. The average Bonchev–Trinajstić information content (AvgIpc) is 2.98. The maximum atomic E-state index is 4.61. The molecule has 2 heterocycles. The molecule has 0 bridgehead atoms. The van der Waals surface area contributed by atoms with Crippen LogP contribution in [0.2, 0.25) is 0 Å². The van der Waals surface area contributed by atoms with Crippen molar-refractivity contribution < 1.29 is 0 Å². The first-order chi connectivity index (χ1) is 9.92. The zero-order valence-corrected chi connectivity index (χ0v) is 12.5. The van der Waals surface area contributed by atoms with Crippen LogP contribution in [-0.2, 0) is 6.54 Å². The van der Waals surface area contributed by atoms with Gasteiger partial charge in [-0.2, -0.15) is 16.9 Å². The highest BCUT2D eigenvalue weighted by Gasteiger charge is 2.13. The molecule has 1 N–H and O–H groups in total. The van der Waals surface area contributed by atoms with E-state index in [-0.39, 0.29) is 0 Å². The molecule has 3 rings (SSSR count). The van der Waals surface area contributed by atoms with Crippen LogP contribution in [0.4, 0.5) is 0 Å². The van der Waals surface area contributed by atoms with E-state index in [9.17, 15) is 0 Å². The Labute approximate surface area is 124 Å². The Bertz CT molecular complexity index is 518. The standard InChI is InChI=1S/C16H21N3S/c1-2-6-15(7-3-1)19-10-9-14(18-19)12-17-13-16-8-4-5-11-20-16/h1-3,6-7,9-10,16-17H,4-5,8,11-13H2. The number of para-hydroxylation sites is 1. The Morgan fingerprint density at radius 1 is 1.20 bits per heavy atom. The number of hydrogen-bond donors (Lipinski definition) is 1. The molecule has 1 aliphatic heterocycles. The normalized spacial score (nSPS) is 19.1. The van der Waals surface area contributed by atoms with Gasteiger partial charge in [0.25, 0.3) is 0 Å². The second-order valence-electron chi connectivity index (χ2n) is 5.21. The maximum absolute atomic E-state index is 4.61. The molecule has 1 aromatic carbocycles. The smallest absolute Gasteiger partial charge is 0.0766 e. The molecule has 2 aromatic rings. The highest BCUT2D eigenvalue weighted by atomic mass is 32.2. The zero-order chi connectivity index (χ0) is 13.6. The Hall–Kier alpha value is -1.26. The van der Waals surface area contributed by atoms with Crippen LogP contribution in [-0.4, -0.2) is 27.3 Å². The van der Waals surface area contributed by atoms with Crippen LogP contribution in [0.15, 0.2) is 42.6 Å². The minimum absolute atomic E-state index is 0.792. The van der Waals surface area contributed by atoms with Crippen molar-refractivity contribution in [3.8, 4) is 5.69 Å². The third-order valence-corrected chi connectivity index (χ3v) is 5.02. The number of nitrogens with zero attached hydrogens (tertiary/aromatic N) is 2. The van der Waals surface area contributed by atoms with E-state index in [1.165, 1.54) is 25.0 Å². The first-order valence-electron chi connectivity index (χ1n) is 7.34. The maximum Gasteiger partial charge on any atom is 0.0766 e. The number of nitrogens with one attached hydrogen (secondary N) is 1. The molecular formula is C16H21N3S. The second-order valence-corrected chi connectivity index (χ2v) is 6.61. The summed E-state index contributed by atoms with van der Waals surface area (Å²) >= 11 is 2.11. The quantitative estimate of drug-likeness (QED) is 0.915. The molecule has 1 aliphatic rings. The summed E-state index contributed by atoms with van der Waals surface area (Å²) in [7, 11) is 0. The number of rotatable bonds is 5. The minimum Gasteiger partial charge on any atom is -0.310 e. The fourth-order valence-corrected chi connectivity index (χ4v) is 3.78. The van der Waals surface area contributed by atoms with Gasteiger partial charge in [-0.15, -0.1) is 0 Å². The van der Waals surface area contributed by atoms with Gasteiger partial charge in [-0.1, -0.05) is 24.6 Å². The van der Waals surface area contributed by atoms with E-state index >= 15 is 0 Å². The van der Waals surface area contributed by atoms with E-state index in [2.05, 4.69) is 40.4 Å². The van der Waals surface area contributed by atoms with Crippen LogP contribution < -0.4 is 5.32 Å². The monoisotopic (exact) mass is 287 g/mol. The van der Waals surface area contributed by atoms with E-state index < -0.39 is 0 Å². The predicted octanol–water partition coefficient (Wildman–Crippen LogP) is 3.25. The van der Waals surface area contributed by atoms with Crippen molar-refractivity contribution >= 4 is 11.8 Å². The zero-order valence-electron chi connectivity index (χ0n) is 11.7. The molecule has 20 heavy (non-hydrogen) atoms. The first-order valence-corrected chi connectivity index (χ1v) is 8.39. The highest BCUT2D eigenvalue weighted by Crippen LogP contribution is 2.24. The van der Waals surface area contributed by atoms with Gasteiger partial charge in [0.05, 0.1) is 11.4 Å². The van der Waals surface area contributed by atoms with E-state index in [1.54, 1.807) is 0 Å². The van der Waals surface area contributed by atoms with E-state index in [0.29, 0.717) is 0 Å². The lowest BCUT2D eigenvalue weighted by molar-refractivity contribution is 0.591. The van der Waals surface area contributed by atoms with E-state index in [1.807, 2.05) is 29.1 Å². The molecule has 0 radical (unpaired) electrons. The lowest BCUT2D eigenvalue weighted by Crippen LogP contribution is -2.26. The van der Waals surface area contributed by atoms with Gasteiger partial charge in [-0.25, -0.2) is 4.68 Å². The van der Waals surface area contributed by atoms with Gasteiger partial charge in [-0.3, -0.25) is 0 Å². The molecule has 1 saturated heterocycles. The average molecular weight is 287 g/mol. The molecule has 1 fully saturated rings. The van der Waals surface area contributed by atoms with Gasteiger partial charge in [0.15, 0.2) is 0 Å². The van der Waals surface area contributed by atoms with E-state index in [4.69, 9.17) is 0 Å². The van der Waals surface area contributed by atoms with Crippen LogP contribution in [0, 0.1) is 0 Å². The SMILES string of the molecule is c1ccc(-n2ccc(CNCC3CCCCS3)n2)cc1. The number of thioether (sulfide) groups is 1. The van der Waals surface area contributed by atoms with Gasteiger partial charge < -0.3 is 5.32 Å². The van der Waals surface area contributed by atoms with Gasteiger partial charge in [-0.05, 0) is 36.8 Å². The molecule has 4 heteroatoms. The van der Waals surface area contributed by atoms with Crippen molar-refractivity contribution in [3.63, 3.8) is 0 Å². The van der Waals surface area contributed by atoms with Gasteiger partial charge >= 0.3 is 0 Å². The minimum atomic E-state index is 0.792. The number of aromatic nitrogens is 2. The van der Waals surface area contributed by atoms with Gasteiger partial charge in [0.2, 0.25) is 0 Å². The summed E-state index contributed by atoms with van der Waals surface area (Å²) in [5.41, 5.74) is 2.22. The Morgan fingerprint density at radius 3 is 2.90 bits per heavy atom. The van der Waals surface area contributed by atoms with Crippen molar-refractivity contribution in [2.24, 2.45) is 0 Å². The van der Waals surface area contributed by atoms with Gasteiger partial charge in [0, 0.05) is 24.5 Å².